The van der Waals surface area contributed by atoms with Crippen molar-refractivity contribution < 1.29 is 37.3 Å². The lowest BCUT2D eigenvalue weighted by Gasteiger charge is -2.32. The smallest absolute Gasteiger partial charge is 0.434 e. The zero-order chi connectivity index (χ0) is 31.6. The Hall–Kier alpha value is -4.58. The number of halogens is 4. The van der Waals surface area contributed by atoms with Gasteiger partial charge in [-0.25, -0.2) is 19.3 Å². The number of amides is 1. The second-order valence-corrected chi connectivity index (χ2v) is 10.7. The van der Waals surface area contributed by atoms with Gasteiger partial charge in [0.2, 0.25) is 0 Å². The summed E-state index contributed by atoms with van der Waals surface area (Å²) in [5, 5.41) is 13.2. The van der Waals surface area contributed by atoms with E-state index in [0.717, 1.165) is 24.0 Å². The van der Waals surface area contributed by atoms with E-state index in [4.69, 9.17) is 21.1 Å². The number of piperidine rings is 1. The van der Waals surface area contributed by atoms with E-state index >= 15 is 0 Å². The molecule has 1 fully saturated rings. The highest BCUT2D eigenvalue weighted by Crippen LogP contribution is 2.38. The number of hydrogen-bond donors (Lipinski definition) is 1. The number of carboxylic acid groups (broad SMARTS) is 1. The van der Waals surface area contributed by atoms with E-state index in [1.54, 1.807) is 29.2 Å². The maximum absolute atomic E-state index is 13.8. The van der Waals surface area contributed by atoms with Gasteiger partial charge in [0.1, 0.15) is 17.9 Å². The van der Waals surface area contributed by atoms with Crippen molar-refractivity contribution in [3.05, 3.63) is 93.8 Å². The van der Waals surface area contributed by atoms with Gasteiger partial charge in [0, 0.05) is 18.7 Å². The van der Waals surface area contributed by atoms with Crippen LogP contribution >= 0.6 is 11.6 Å². The molecular formula is C31H28ClF3N4O5. The van der Waals surface area contributed by atoms with Gasteiger partial charge in [0.25, 0.3) is 0 Å². The predicted octanol–water partition coefficient (Wildman–Crippen LogP) is 7.14. The largest absolute Gasteiger partial charge is 0.487 e. The predicted molar refractivity (Wildman–Crippen MR) is 155 cm³/mol. The van der Waals surface area contributed by atoms with Gasteiger partial charge < -0.3 is 19.5 Å². The summed E-state index contributed by atoms with van der Waals surface area (Å²) in [7, 11) is 1.38. The summed E-state index contributed by atoms with van der Waals surface area (Å²) in [6.45, 7) is 3.45. The highest BCUT2D eigenvalue weighted by molar-refractivity contribution is 6.32. The van der Waals surface area contributed by atoms with E-state index in [1.807, 2.05) is 19.1 Å². The van der Waals surface area contributed by atoms with Gasteiger partial charge in [0.15, 0.2) is 11.5 Å². The number of carbonyl (C=O) groups is 2. The molecule has 5 rings (SSSR count). The monoisotopic (exact) mass is 628 g/mol. The number of rotatable bonds is 7. The number of pyridine rings is 1. The first-order valence-corrected chi connectivity index (χ1v) is 14.1. The van der Waals surface area contributed by atoms with Crippen molar-refractivity contribution in [1.29, 1.82) is 0 Å². The summed E-state index contributed by atoms with van der Waals surface area (Å²) >= 11 is 6.51. The standard InChI is InChI=1S/C31H28ClF3N4O5/c1-18-15-19(9-10-21(18)20-11-13-38(14-12-20)30(42)43-2)17-44-27-22(5-3-6-24(27)32)25-7-4-8-26(37-25)39-28(31(33,34)35)23(16-36-39)29(40)41/h3-10,15-16,20H,11-14,17H2,1-2H3,(H,40,41). The van der Waals surface area contributed by atoms with E-state index in [1.165, 1.54) is 24.8 Å². The number of para-hydroxylation sites is 1. The normalized spacial score (nSPS) is 14.0. The molecule has 3 heterocycles. The highest BCUT2D eigenvalue weighted by atomic mass is 35.5. The van der Waals surface area contributed by atoms with E-state index in [2.05, 4.69) is 16.1 Å². The Balaban J connectivity index is 1.37. The maximum atomic E-state index is 13.8. The third-order valence-corrected chi connectivity index (χ3v) is 7.85. The number of benzene rings is 2. The Labute approximate surface area is 255 Å². The fourth-order valence-corrected chi connectivity index (χ4v) is 5.67. The first kappa shape index (κ1) is 30.9. The lowest BCUT2D eigenvalue weighted by molar-refractivity contribution is -0.143. The van der Waals surface area contributed by atoms with Crippen LogP contribution in [0.1, 0.15) is 51.5 Å². The average molecular weight is 629 g/mol. The average Bonchev–Trinajstić information content (AvgIpc) is 3.47. The third-order valence-electron chi connectivity index (χ3n) is 7.55. The molecule has 0 aliphatic carbocycles. The molecule has 1 saturated heterocycles. The minimum absolute atomic E-state index is 0.164. The van der Waals surface area contributed by atoms with Crippen LogP contribution in [0.15, 0.2) is 60.8 Å². The highest BCUT2D eigenvalue weighted by Gasteiger charge is 2.41. The third kappa shape index (κ3) is 6.35. The van der Waals surface area contributed by atoms with Crippen molar-refractivity contribution in [3.8, 4) is 22.8 Å². The van der Waals surface area contributed by atoms with Gasteiger partial charge in [-0.1, -0.05) is 41.9 Å². The Morgan fingerprint density at radius 1 is 1.09 bits per heavy atom. The van der Waals surface area contributed by atoms with Crippen LogP contribution in [0.4, 0.5) is 18.0 Å². The summed E-state index contributed by atoms with van der Waals surface area (Å²) in [4.78, 5) is 29.3. The first-order chi connectivity index (χ1) is 21.0. The molecule has 44 heavy (non-hydrogen) atoms. The van der Waals surface area contributed by atoms with Gasteiger partial charge in [-0.3, -0.25) is 0 Å². The van der Waals surface area contributed by atoms with E-state index in [0.29, 0.717) is 41.2 Å². The number of aromatic nitrogens is 3. The minimum Gasteiger partial charge on any atom is -0.487 e. The fraction of sp³-hybridized carbons (Fsp3) is 0.290. The second-order valence-electron chi connectivity index (χ2n) is 10.3. The lowest BCUT2D eigenvalue weighted by atomic mass is 9.86. The van der Waals surface area contributed by atoms with E-state index in [-0.39, 0.29) is 29.2 Å². The fourth-order valence-electron chi connectivity index (χ4n) is 5.44. The topological polar surface area (TPSA) is 107 Å². The van der Waals surface area contributed by atoms with Crippen LogP contribution in [-0.4, -0.2) is 57.0 Å². The molecule has 2 aromatic carbocycles. The zero-order valence-corrected chi connectivity index (χ0v) is 24.5. The van der Waals surface area contributed by atoms with Crippen LogP contribution < -0.4 is 4.74 Å². The molecule has 13 heteroatoms. The van der Waals surface area contributed by atoms with Gasteiger partial charge >= 0.3 is 18.2 Å². The van der Waals surface area contributed by atoms with Gasteiger partial charge in [-0.2, -0.15) is 18.3 Å². The molecule has 4 aromatic rings. The van der Waals surface area contributed by atoms with Crippen molar-refractivity contribution in [3.63, 3.8) is 0 Å². The van der Waals surface area contributed by atoms with E-state index in [9.17, 15) is 27.9 Å². The number of aromatic carboxylic acids is 1. The maximum Gasteiger partial charge on any atom is 0.434 e. The number of alkyl halides is 3. The van der Waals surface area contributed by atoms with Crippen molar-refractivity contribution in [1.82, 2.24) is 19.7 Å². The van der Waals surface area contributed by atoms with Crippen molar-refractivity contribution >= 4 is 23.7 Å². The molecule has 0 unspecified atom stereocenters. The Morgan fingerprint density at radius 3 is 2.48 bits per heavy atom. The Kier molecular flexibility index (Phi) is 8.82. The Morgan fingerprint density at radius 2 is 1.82 bits per heavy atom. The van der Waals surface area contributed by atoms with Crippen molar-refractivity contribution in [2.45, 2.75) is 38.5 Å². The van der Waals surface area contributed by atoms with Crippen LogP contribution in [0.25, 0.3) is 17.1 Å². The molecule has 9 nitrogen and oxygen atoms in total. The van der Waals surface area contributed by atoms with Crippen molar-refractivity contribution in [2.75, 3.05) is 20.2 Å². The van der Waals surface area contributed by atoms with Crippen LogP contribution in [0, 0.1) is 6.92 Å². The Bertz CT molecular complexity index is 1700. The van der Waals surface area contributed by atoms with Gasteiger partial charge in [-0.15, -0.1) is 0 Å². The molecule has 0 saturated carbocycles. The summed E-state index contributed by atoms with van der Waals surface area (Å²) in [6.07, 6.45) is -2.98. The van der Waals surface area contributed by atoms with Crippen LogP contribution in [-0.2, 0) is 17.5 Å². The molecular weight excluding hydrogens is 601 g/mol. The first-order valence-electron chi connectivity index (χ1n) is 13.7. The quantitative estimate of drug-likeness (QED) is 0.232. The summed E-state index contributed by atoms with van der Waals surface area (Å²) in [6, 6.07) is 15.4. The van der Waals surface area contributed by atoms with Crippen molar-refractivity contribution in [2.24, 2.45) is 0 Å². The number of methoxy groups -OCH3 is 1. The number of hydrogen-bond acceptors (Lipinski definition) is 6. The molecule has 0 bridgehead atoms. The lowest BCUT2D eigenvalue weighted by Crippen LogP contribution is -2.37. The zero-order valence-electron chi connectivity index (χ0n) is 23.8. The molecule has 230 valence electrons. The molecule has 0 spiro atoms. The summed E-state index contributed by atoms with van der Waals surface area (Å²) in [5.41, 5.74) is 1.46. The van der Waals surface area contributed by atoms with Crippen LogP contribution in [0.2, 0.25) is 5.02 Å². The number of ether oxygens (including phenoxy) is 2. The molecule has 1 amide bonds. The number of carbonyl (C=O) groups excluding carboxylic acids is 1. The molecule has 2 aromatic heterocycles. The van der Waals surface area contributed by atoms with Crippen LogP contribution in [0.5, 0.6) is 5.75 Å². The summed E-state index contributed by atoms with van der Waals surface area (Å²) in [5.74, 6) is -1.37. The molecule has 1 N–H and O–H groups in total. The van der Waals surface area contributed by atoms with E-state index < -0.39 is 23.4 Å². The van der Waals surface area contributed by atoms with Gasteiger partial charge in [0.05, 0.1) is 24.0 Å². The number of likely N-dealkylation sites (tertiary alicyclic amines) is 1. The van der Waals surface area contributed by atoms with Gasteiger partial charge in [-0.05, 0) is 66.6 Å². The number of carboxylic acids is 1. The number of aryl methyl sites for hydroxylation is 1. The molecule has 1 aliphatic rings. The summed E-state index contributed by atoms with van der Waals surface area (Å²) < 4.78 is 52.8. The van der Waals surface area contributed by atoms with Crippen LogP contribution in [0.3, 0.4) is 0 Å². The molecule has 0 atom stereocenters. The number of nitrogens with zero attached hydrogens (tertiary/aromatic N) is 4. The second kappa shape index (κ2) is 12.6. The SMILES string of the molecule is COC(=O)N1CCC(c2ccc(COc3c(Cl)cccc3-c3cccc(-n4ncc(C(=O)O)c4C(F)(F)F)n3)cc2C)CC1. The molecule has 1 aliphatic heterocycles. The minimum atomic E-state index is -4.99. The molecule has 0 radical (unpaired) electrons.